The molecule has 3 atom stereocenters. The topological polar surface area (TPSA) is 46.0 Å². The van der Waals surface area contributed by atoms with E-state index in [9.17, 15) is 4.79 Å². The summed E-state index contributed by atoms with van der Waals surface area (Å²) in [4.78, 5) is 14.0. The standard InChI is InChI=1S/C12H12BrNO2/c1-6-4-8(6)11(13)7-2-3-9-10(5-7)16-12(15)14-9/h2-3,5-6,8,11H,4H2,1H3,(H,14,15). The molecule has 1 aromatic heterocycles. The molecule has 1 aliphatic rings. The number of alkyl halides is 1. The van der Waals surface area contributed by atoms with E-state index in [0.717, 1.165) is 11.4 Å². The Hall–Kier alpha value is -1.03. The molecule has 1 heterocycles. The summed E-state index contributed by atoms with van der Waals surface area (Å²) >= 11 is 3.72. The lowest BCUT2D eigenvalue weighted by Crippen LogP contribution is -1.93. The molecule has 1 aromatic carbocycles. The van der Waals surface area contributed by atoms with E-state index < -0.39 is 5.76 Å². The van der Waals surface area contributed by atoms with E-state index in [1.54, 1.807) is 0 Å². The number of fused-ring (bicyclic) bond motifs is 1. The number of aromatic nitrogens is 1. The van der Waals surface area contributed by atoms with Crippen molar-refractivity contribution in [3.63, 3.8) is 0 Å². The second-order valence-electron chi connectivity index (χ2n) is 4.55. The van der Waals surface area contributed by atoms with Crippen molar-refractivity contribution in [1.29, 1.82) is 0 Å². The number of H-pyrrole nitrogens is 1. The van der Waals surface area contributed by atoms with Gasteiger partial charge in [0.15, 0.2) is 5.58 Å². The van der Waals surface area contributed by atoms with E-state index in [0.29, 0.717) is 16.3 Å². The van der Waals surface area contributed by atoms with E-state index in [1.165, 1.54) is 12.0 Å². The lowest BCUT2D eigenvalue weighted by molar-refractivity contribution is 0.555. The number of hydrogen-bond donors (Lipinski definition) is 1. The molecule has 1 saturated carbocycles. The van der Waals surface area contributed by atoms with Crippen LogP contribution in [0.15, 0.2) is 27.4 Å². The van der Waals surface area contributed by atoms with Crippen LogP contribution in [0.1, 0.15) is 23.7 Å². The molecule has 4 heteroatoms. The van der Waals surface area contributed by atoms with Crippen molar-refractivity contribution in [2.45, 2.75) is 18.2 Å². The minimum absolute atomic E-state index is 0.368. The fourth-order valence-corrected chi connectivity index (χ4v) is 3.16. The van der Waals surface area contributed by atoms with Crippen LogP contribution in [0.2, 0.25) is 0 Å². The van der Waals surface area contributed by atoms with E-state index >= 15 is 0 Å². The summed E-state index contributed by atoms with van der Waals surface area (Å²) in [5.74, 6) is 1.11. The van der Waals surface area contributed by atoms with Crippen LogP contribution in [0.25, 0.3) is 11.1 Å². The lowest BCUT2D eigenvalue weighted by atomic mass is 10.1. The molecule has 84 valence electrons. The van der Waals surface area contributed by atoms with Crippen LogP contribution >= 0.6 is 15.9 Å². The van der Waals surface area contributed by atoms with Crippen LogP contribution < -0.4 is 5.76 Å². The number of hydrogen-bond acceptors (Lipinski definition) is 2. The predicted molar refractivity (Wildman–Crippen MR) is 65.8 cm³/mol. The van der Waals surface area contributed by atoms with Crippen LogP contribution in [0.5, 0.6) is 0 Å². The van der Waals surface area contributed by atoms with Gasteiger partial charge in [0.1, 0.15) is 0 Å². The molecule has 0 amide bonds. The van der Waals surface area contributed by atoms with Gasteiger partial charge in [0.2, 0.25) is 0 Å². The third kappa shape index (κ3) is 1.61. The maximum atomic E-state index is 11.0. The third-order valence-corrected chi connectivity index (χ3v) is 4.52. The van der Waals surface area contributed by atoms with E-state index in [-0.39, 0.29) is 0 Å². The zero-order valence-electron chi connectivity index (χ0n) is 8.87. The molecule has 16 heavy (non-hydrogen) atoms. The quantitative estimate of drug-likeness (QED) is 0.860. The van der Waals surface area contributed by atoms with Gasteiger partial charge in [-0.25, -0.2) is 4.79 Å². The molecule has 1 fully saturated rings. The lowest BCUT2D eigenvalue weighted by Gasteiger charge is -2.08. The molecule has 0 aliphatic heterocycles. The van der Waals surface area contributed by atoms with Crippen LogP contribution in [0.4, 0.5) is 0 Å². The number of aromatic amines is 1. The zero-order valence-corrected chi connectivity index (χ0v) is 10.5. The summed E-state index contributed by atoms with van der Waals surface area (Å²) in [7, 11) is 0. The normalized spacial score (nSPS) is 25.9. The summed E-state index contributed by atoms with van der Waals surface area (Å²) in [5.41, 5.74) is 2.59. The second kappa shape index (κ2) is 3.48. The molecule has 0 bridgehead atoms. The van der Waals surface area contributed by atoms with Gasteiger partial charge < -0.3 is 4.42 Å². The molecule has 2 aromatic rings. The monoisotopic (exact) mass is 281 g/mol. The molecule has 3 unspecified atom stereocenters. The predicted octanol–water partition coefficient (Wildman–Crippen LogP) is 3.21. The number of halogens is 1. The van der Waals surface area contributed by atoms with Gasteiger partial charge in [0.25, 0.3) is 0 Å². The number of benzene rings is 1. The highest BCUT2D eigenvalue weighted by Crippen LogP contribution is 2.51. The highest BCUT2D eigenvalue weighted by atomic mass is 79.9. The average Bonchev–Trinajstić information content (AvgIpc) is 2.85. The first-order valence-electron chi connectivity index (χ1n) is 5.42. The summed E-state index contributed by atoms with van der Waals surface area (Å²) in [6, 6.07) is 5.88. The van der Waals surface area contributed by atoms with Crippen LogP contribution in [0, 0.1) is 11.8 Å². The maximum absolute atomic E-state index is 11.0. The van der Waals surface area contributed by atoms with Crippen molar-refractivity contribution in [2.24, 2.45) is 11.8 Å². The fourth-order valence-electron chi connectivity index (χ4n) is 2.14. The molecular weight excluding hydrogens is 270 g/mol. The highest BCUT2D eigenvalue weighted by molar-refractivity contribution is 9.09. The Labute approximate surface area is 101 Å². The minimum Gasteiger partial charge on any atom is -0.408 e. The Morgan fingerprint density at radius 3 is 3.00 bits per heavy atom. The number of nitrogens with one attached hydrogen (secondary N) is 1. The summed E-state index contributed by atoms with van der Waals surface area (Å²) in [5, 5.41) is 0. The maximum Gasteiger partial charge on any atom is 0.417 e. The third-order valence-electron chi connectivity index (χ3n) is 3.31. The first-order valence-corrected chi connectivity index (χ1v) is 6.33. The molecule has 1 aliphatic carbocycles. The Kier molecular flexibility index (Phi) is 2.21. The molecular formula is C12H12BrNO2. The summed E-state index contributed by atoms with van der Waals surface area (Å²) in [6.45, 7) is 2.26. The summed E-state index contributed by atoms with van der Waals surface area (Å²) < 4.78 is 5.05. The van der Waals surface area contributed by atoms with E-state index in [4.69, 9.17) is 4.42 Å². The van der Waals surface area contributed by atoms with E-state index in [2.05, 4.69) is 27.8 Å². The van der Waals surface area contributed by atoms with Gasteiger partial charge in [-0.15, -0.1) is 0 Å². The zero-order chi connectivity index (χ0) is 11.3. The molecule has 3 nitrogen and oxygen atoms in total. The first-order chi connectivity index (χ1) is 7.65. The van der Waals surface area contributed by atoms with E-state index in [1.807, 2.05) is 18.2 Å². The smallest absolute Gasteiger partial charge is 0.408 e. The van der Waals surface area contributed by atoms with Gasteiger partial charge in [0.05, 0.1) is 5.52 Å². The van der Waals surface area contributed by atoms with Gasteiger partial charge >= 0.3 is 5.76 Å². The SMILES string of the molecule is CC1CC1C(Br)c1ccc2[nH]c(=O)oc2c1. The van der Waals surface area contributed by atoms with Gasteiger partial charge in [-0.2, -0.15) is 0 Å². The Balaban J connectivity index is 2.01. The van der Waals surface area contributed by atoms with Crippen molar-refractivity contribution in [3.05, 3.63) is 34.3 Å². The molecule has 0 saturated heterocycles. The Morgan fingerprint density at radius 1 is 1.56 bits per heavy atom. The fraction of sp³-hybridized carbons (Fsp3) is 0.417. The molecule has 0 spiro atoms. The van der Waals surface area contributed by atoms with Crippen molar-refractivity contribution < 1.29 is 4.42 Å². The van der Waals surface area contributed by atoms with Gasteiger partial charge in [-0.1, -0.05) is 28.9 Å². The minimum atomic E-state index is -0.391. The van der Waals surface area contributed by atoms with Gasteiger partial charge in [0, 0.05) is 4.83 Å². The van der Waals surface area contributed by atoms with Crippen LogP contribution in [-0.4, -0.2) is 4.98 Å². The Morgan fingerprint density at radius 2 is 2.31 bits per heavy atom. The van der Waals surface area contributed by atoms with Crippen molar-refractivity contribution >= 4 is 27.0 Å². The first kappa shape index (κ1) is 10.1. The highest BCUT2D eigenvalue weighted by Gasteiger charge is 2.38. The average molecular weight is 282 g/mol. The largest absolute Gasteiger partial charge is 0.417 e. The second-order valence-corrected chi connectivity index (χ2v) is 5.54. The van der Waals surface area contributed by atoms with Crippen LogP contribution in [0.3, 0.4) is 0 Å². The van der Waals surface area contributed by atoms with Crippen molar-refractivity contribution in [3.8, 4) is 0 Å². The van der Waals surface area contributed by atoms with Crippen LogP contribution in [-0.2, 0) is 0 Å². The molecule has 1 N–H and O–H groups in total. The summed E-state index contributed by atoms with van der Waals surface area (Å²) in [6.07, 6.45) is 1.27. The number of oxazole rings is 1. The molecule has 3 rings (SSSR count). The van der Waals surface area contributed by atoms with Crippen molar-refractivity contribution in [1.82, 2.24) is 4.98 Å². The van der Waals surface area contributed by atoms with Gasteiger partial charge in [-0.3, -0.25) is 4.98 Å². The van der Waals surface area contributed by atoms with Crippen molar-refractivity contribution in [2.75, 3.05) is 0 Å². The number of rotatable bonds is 2. The molecule has 0 radical (unpaired) electrons. The van der Waals surface area contributed by atoms with Gasteiger partial charge in [-0.05, 0) is 36.0 Å². The Bertz CT molecular complexity index is 586.